The van der Waals surface area contributed by atoms with E-state index in [4.69, 9.17) is 0 Å². The van der Waals surface area contributed by atoms with Crippen molar-refractivity contribution >= 4 is 12.2 Å². The second kappa shape index (κ2) is 3.84. The van der Waals surface area contributed by atoms with Crippen LogP contribution in [0.1, 0.15) is 11.5 Å². The zero-order valence-corrected chi connectivity index (χ0v) is 8.92. The van der Waals surface area contributed by atoms with Crippen LogP contribution in [0.4, 0.5) is 5.82 Å². The molecule has 0 radical (unpaired) electrons. The van der Waals surface area contributed by atoms with E-state index in [1.54, 1.807) is 11.2 Å². The summed E-state index contributed by atoms with van der Waals surface area (Å²) < 4.78 is 0. The normalized spacial score (nSPS) is 16.0. The first-order chi connectivity index (χ1) is 7.22. The number of carbonyl (C=O) groups is 1. The topological polar surface area (TPSA) is 49.3 Å². The van der Waals surface area contributed by atoms with Gasteiger partial charge in [0, 0.05) is 44.9 Å². The molecule has 2 heterocycles. The van der Waals surface area contributed by atoms with Crippen LogP contribution >= 0.6 is 0 Å². The maximum absolute atomic E-state index is 10.5. The number of likely N-dealkylation sites (tertiary alicyclic amines) is 1. The Morgan fingerprint density at radius 2 is 2.27 bits per heavy atom. The third-order valence-electron chi connectivity index (χ3n) is 2.64. The molecule has 5 nitrogen and oxygen atoms in total. The van der Waals surface area contributed by atoms with Gasteiger partial charge in [-0.1, -0.05) is 0 Å². The molecule has 1 aromatic heterocycles. The second-order valence-electron chi connectivity index (χ2n) is 3.95. The zero-order valence-electron chi connectivity index (χ0n) is 8.92. The third kappa shape index (κ3) is 1.77. The number of hydrogen-bond acceptors (Lipinski definition) is 4. The summed E-state index contributed by atoms with van der Waals surface area (Å²) in [5.74, 6) is 1.33. The highest BCUT2D eigenvalue weighted by Gasteiger charge is 2.29. The van der Waals surface area contributed by atoms with Crippen molar-refractivity contribution in [1.82, 2.24) is 14.9 Å². The van der Waals surface area contributed by atoms with Gasteiger partial charge in [-0.2, -0.15) is 0 Å². The van der Waals surface area contributed by atoms with Gasteiger partial charge in [-0.15, -0.1) is 0 Å². The lowest BCUT2D eigenvalue weighted by Gasteiger charge is -2.37. The number of aromatic nitrogens is 2. The van der Waals surface area contributed by atoms with Crippen LogP contribution in [0.2, 0.25) is 0 Å². The van der Waals surface area contributed by atoms with Crippen LogP contribution in [-0.2, 0) is 4.79 Å². The van der Waals surface area contributed by atoms with Crippen molar-refractivity contribution in [2.75, 3.05) is 32.1 Å². The molecule has 1 saturated heterocycles. The lowest BCUT2D eigenvalue weighted by Crippen LogP contribution is -2.44. The van der Waals surface area contributed by atoms with Crippen molar-refractivity contribution in [3.8, 4) is 0 Å². The van der Waals surface area contributed by atoms with E-state index in [0.29, 0.717) is 5.92 Å². The molecular formula is C10H14N4O. The summed E-state index contributed by atoms with van der Waals surface area (Å²) in [4.78, 5) is 22.5. The molecule has 0 spiro atoms. The van der Waals surface area contributed by atoms with Crippen LogP contribution in [0.5, 0.6) is 0 Å². The monoisotopic (exact) mass is 206 g/mol. The maximum atomic E-state index is 10.5. The molecule has 0 bridgehead atoms. The Morgan fingerprint density at radius 1 is 1.53 bits per heavy atom. The number of carbonyl (C=O) groups excluding carboxylic acids is 1. The zero-order chi connectivity index (χ0) is 10.8. The molecule has 0 atom stereocenters. The summed E-state index contributed by atoms with van der Waals surface area (Å²) >= 11 is 0. The number of anilines is 1. The fourth-order valence-corrected chi connectivity index (χ4v) is 1.79. The third-order valence-corrected chi connectivity index (χ3v) is 2.64. The molecular weight excluding hydrogens is 192 g/mol. The molecule has 15 heavy (non-hydrogen) atoms. The minimum atomic E-state index is 0.383. The summed E-state index contributed by atoms with van der Waals surface area (Å²) in [6.07, 6.45) is 4.28. The summed E-state index contributed by atoms with van der Waals surface area (Å²) in [7, 11) is 3.92. The van der Waals surface area contributed by atoms with Gasteiger partial charge in [0.2, 0.25) is 6.41 Å². The van der Waals surface area contributed by atoms with E-state index < -0.39 is 0 Å². The van der Waals surface area contributed by atoms with Crippen LogP contribution in [0, 0.1) is 0 Å². The Balaban J connectivity index is 2.18. The van der Waals surface area contributed by atoms with Crippen LogP contribution in [0.25, 0.3) is 0 Å². The van der Waals surface area contributed by atoms with Gasteiger partial charge in [-0.05, 0) is 0 Å². The number of rotatable bonds is 3. The highest BCUT2D eigenvalue weighted by molar-refractivity contribution is 5.53. The summed E-state index contributed by atoms with van der Waals surface area (Å²) in [6, 6.07) is 0. The molecule has 0 saturated carbocycles. The van der Waals surface area contributed by atoms with E-state index >= 15 is 0 Å². The van der Waals surface area contributed by atoms with Crippen LogP contribution < -0.4 is 4.90 Å². The Morgan fingerprint density at radius 3 is 2.87 bits per heavy atom. The average Bonchev–Trinajstić information content (AvgIpc) is 2.16. The standard InChI is InChI=1S/C10H14N4O/c1-13(2)10-9(3-11-6-12-10)8-4-14(5-8)7-15/h3,6-8H,4-5H2,1-2H3. The Kier molecular flexibility index (Phi) is 2.53. The van der Waals surface area contributed by atoms with Crippen molar-refractivity contribution in [2.45, 2.75) is 5.92 Å². The van der Waals surface area contributed by atoms with Gasteiger partial charge in [-0.3, -0.25) is 4.79 Å². The predicted molar refractivity (Wildman–Crippen MR) is 56.7 cm³/mol. The summed E-state index contributed by atoms with van der Waals surface area (Å²) in [5, 5.41) is 0. The molecule has 1 aromatic rings. The maximum Gasteiger partial charge on any atom is 0.209 e. The number of amides is 1. The first-order valence-corrected chi connectivity index (χ1v) is 4.89. The fourth-order valence-electron chi connectivity index (χ4n) is 1.79. The summed E-state index contributed by atoms with van der Waals surface area (Å²) in [6.45, 7) is 1.55. The predicted octanol–water partition coefficient (Wildman–Crippen LogP) is 0.0982. The molecule has 0 aliphatic carbocycles. The molecule has 1 amide bonds. The highest BCUT2D eigenvalue weighted by Crippen LogP contribution is 2.30. The minimum absolute atomic E-state index is 0.383. The highest BCUT2D eigenvalue weighted by atomic mass is 16.1. The minimum Gasteiger partial charge on any atom is -0.362 e. The molecule has 0 unspecified atom stereocenters. The largest absolute Gasteiger partial charge is 0.362 e. The lowest BCUT2D eigenvalue weighted by atomic mass is 9.93. The van der Waals surface area contributed by atoms with Gasteiger partial charge in [-0.25, -0.2) is 9.97 Å². The molecule has 0 aromatic carbocycles. The van der Waals surface area contributed by atoms with Gasteiger partial charge in [0.1, 0.15) is 12.1 Å². The Bertz CT molecular complexity index is 360. The van der Waals surface area contributed by atoms with E-state index in [1.165, 1.54) is 0 Å². The second-order valence-corrected chi connectivity index (χ2v) is 3.95. The molecule has 5 heteroatoms. The first kappa shape index (κ1) is 9.89. The molecule has 1 aliphatic rings. The van der Waals surface area contributed by atoms with E-state index in [-0.39, 0.29) is 0 Å². The van der Waals surface area contributed by atoms with E-state index in [0.717, 1.165) is 30.9 Å². The fraction of sp³-hybridized carbons (Fsp3) is 0.500. The van der Waals surface area contributed by atoms with E-state index in [1.807, 2.05) is 25.2 Å². The van der Waals surface area contributed by atoms with Crippen molar-refractivity contribution < 1.29 is 4.79 Å². The lowest BCUT2D eigenvalue weighted by molar-refractivity contribution is -0.122. The van der Waals surface area contributed by atoms with Crippen molar-refractivity contribution in [3.63, 3.8) is 0 Å². The van der Waals surface area contributed by atoms with Crippen LogP contribution in [0.3, 0.4) is 0 Å². The van der Waals surface area contributed by atoms with Crippen LogP contribution in [-0.4, -0.2) is 48.5 Å². The van der Waals surface area contributed by atoms with Gasteiger partial charge in [0.05, 0.1) is 0 Å². The Labute approximate surface area is 88.7 Å². The molecule has 0 N–H and O–H groups in total. The number of hydrogen-bond donors (Lipinski definition) is 0. The van der Waals surface area contributed by atoms with Gasteiger partial charge in [0.15, 0.2) is 0 Å². The first-order valence-electron chi connectivity index (χ1n) is 4.89. The van der Waals surface area contributed by atoms with Crippen LogP contribution in [0.15, 0.2) is 12.5 Å². The summed E-state index contributed by atoms with van der Waals surface area (Å²) in [5.41, 5.74) is 1.13. The molecule has 80 valence electrons. The van der Waals surface area contributed by atoms with Gasteiger partial charge >= 0.3 is 0 Å². The van der Waals surface area contributed by atoms with Gasteiger partial charge < -0.3 is 9.80 Å². The van der Waals surface area contributed by atoms with Crippen molar-refractivity contribution in [2.24, 2.45) is 0 Å². The molecule has 1 aliphatic heterocycles. The average molecular weight is 206 g/mol. The van der Waals surface area contributed by atoms with E-state index in [9.17, 15) is 4.79 Å². The van der Waals surface area contributed by atoms with E-state index in [2.05, 4.69) is 9.97 Å². The molecule has 1 fully saturated rings. The van der Waals surface area contributed by atoms with Gasteiger partial charge in [0.25, 0.3) is 0 Å². The van der Waals surface area contributed by atoms with Crippen molar-refractivity contribution in [1.29, 1.82) is 0 Å². The number of nitrogens with zero attached hydrogens (tertiary/aromatic N) is 4. The molecule has 2 rings (SSSR count). The SMILES string of the molecule is CN(C)c1ncncc1C1CN(C=O)C1. The van der Waals surface area contributed by atoms with Crippen molar-refractivity contribution in [3.05, 3.63) is 18.1 Å². The quantitative estimate of drug-likeness (QED) is 0.658. The Hall–Kier alpha value is -1.65. The smallest absolute Gasteiger partial charge is 0.209 e.